The maximum Gasteiger partial charge on any atom is 0.0977 e. The zero-order valence-electron chi connectivity index (χ0n) is 8.13. The molecule has 2 N–H and O–H groups in total. The van der Waals surface area contributed by atoms with Crippen molar-refractivity contribution in [2.24, 2.45) is 0 Å². The van der Waals surface area contributed by atoms with Gasteiger partial charge in [-0.2, -0.15) is 0 Å². The number of aliphatic hydroxyl groups is 1. The van der Waals surface area contributed by atoms with Gasteiger partial charge in [-0.1, -0.05) is 6.92 Å². The molecule has 0 aromatic heterocycles. The summed E-state index contributed by atoms with van der Waals surface area (Å²) in [4.78, 5) is 0. The molecule has 0 radical (unpaired) electrons. The highest BCUT2D eigenvalue weighted by atomic mass is 16.5. The number of hydrogen-bond donors (Lipinski definition) is 2. The summed E-state index contributed by atoms with van der Waals surface area (Å²) >= 11 is 0. The van der Waals surface area contributed by atoms with Gasteiger partial charge in [0.05, 0.1) is 17.8 Å². The third-order valence-electron chi connectivity index (χ3n) is 2.45. The molecular weight excluding hydrogens is 154 g/mol. The van der Waals surface area contributed by atoms with Gasteiger partial charge in [-0.15, -0.1) is 0 Å². The van der Waals surface area contributed by atoms with Crippen LogP contribution in [0.4, 0.5) is 0 Å². The van der Waals surface area contributed by atoms with Gasteiger partial charge in [-0.25, -0.2) is 0 Å². The zero-order chi connectivity index (χ0) is 9.19. The van der Waals surface area contributed by atoms with Crippen molar-refractivity contribution < 1.29 is 9.84 Å². The van der Waals surface area contributed by atoms with Crippen molar-refractivity contribution in [1.82, 2.24) is 5.32 Å². The predicted molar refractivity (Wildman–Crippen MR) is 48.1 cm³/mol. The van der Waals surface area contributed by atoms with Crippen LogP contribution in [-0.4, -0.2) is 36.0 Å². The first-order chi connectivity index (χ1) is 5.55. The van der Waals surface area contributed by atoms with Crippen molar-refractivity contribution in [2.45, 2.75) is 45.0 Å². The van der Waals surface area contributed by atoms with Crippen LogP contribution >= 0.6 is 0 Å². The molecule has 0 spiro atoms. The third-order valence-corrected chi connectivity index (χ3v) is 2.45. The Bertz CT molecular complexity index is 147. The topological polar surface area (TPSA) is 41.5 Å². The summed E-state index contributed by atoms with van der Waals surface area (Å²) in [7, 11) is 0. The van der Waals surface area contributed by atoms with Crippen LogP contribution in [0.3, 0.4) is 0 Å². The minimum absolute atomic E-state index is 0.0278. The largest absolute Gasteiger partial charge is 0.389 e. The molecule has 1 aliphatic rings. The van der Waals surface area contributed by atoms with Gasteiger partial charge in [0, 0.05) is 13.1 Å². The van der Waals surface area contributed by atoms with E-state index in [-0.39, 0.29) is 17.8 Å². The second kappa shape index (κ2) is 3.73. The lowest BCUT2D eigenvalue weighted by Gasteiger charge is -2.28. The lowest BCUT2D eigenvalue weighted by atomic mass is 10.1. The van der Waals surface area contributed by atoms with Gasteiger partial charge in [0.25, 0.3) is 0 Å². The normalized spacial score (nSPS) is 31.0. The highest BCUT2D eigenvalue weighted by Gasteiger charge is 2.30. The van der Waals surface area contributed by atoms with Gasteiger partial charge in [0.15, 0.2) is 0 Å². The smallest absolute Gasteiger partial charge is 0.0977 e. The number of β-amino-alcohol motifs (C(OH)–C–C–N with tert-alkyl or cyclic N) is 1. The Labute approximate surface area is 74.1 Å². The van der Waals surface area contributed by atoms with E-state index in [9.17, 15) is 5.11 Å². The Morgan fingerprint density at radius 2 is 2.17 bits per heavy atom. The molecule has 1 saturated heterocycles. The van der Waals surface area contributed by atoms with Gasteiger partial charge < -0.3 is 15.2 Å². The molecule has 2 unspecified atom stereocenters. The molecule has 0 aromatic carbocycles. The zero-order valence-corrected chi connectivity index (χ0v) is 8.13. The molecule has 1 aliphatic heterocycles. The molecule has 3 nitrogen and oxygen atoms in total. The average molecular weight is 173 g/mol. The molecule has 0 amide bonds. The molecule has 1 fully saturated rings. The van der Waals surface area contributed by atoms with Crippen molar-refractivity contribution in [3.8, 4) is 0 Å². The number of hydrogen-bond acceptors (Lipinski definition) is 3. The first kappa shape index (κ1) is 9.96. The van der Waals surface area contributed by atoms with Gasteiger partial charge in [0.2, 0.25) is 0 Å². The van der Waals surface area contributed by atoms with Crippen LogP contribution in [0.1, 0.15) is 27.2 Å². The Morgan fingerprint density at radius 3 is 2.58 bits per heavy atom. The molecular formula is C9H19NO2. The Kier molecular flexibility index (Phi) is 3.09. The van der Waals surface area contributed by atoms with Crippen molar-refractivity contribution in [1.29, 1.82) is 0 Å². The van der Waals surface area contributed by atoms with Crippen LogP contribution in [0.5, 0.6) is 0 Å². The second-order valence-corrected chi connectivity index (χ2v) is 4.00. The standard InChI is InChI=1S/C9H19NO2/c1-4-9(2,3)12-8-6-10-5-7(8)11/h7-8,10-11H,4-6H2,1-3H3. The molecule has 0 saturated carbocycles. The lowest BCUT2D eigenvalue weighted by molar-refractivity contribution is -0.101. The maximum absolute atomic E-state index is 9.46. The van der Waals surface area contributed by atoms with Crippen molar-refractivity contribution >= 4 is 0 Å². The Hall–Kier alpha value is -0.120. The molecule has 3 heteroatoms. The summed E-state index contributed by atoms with van der Waals surface area (Å²) in [5.41, 5.74) is -0.113. The SMILES string of the molecule is CCC(C)(C)OC1CNCC1O. The molecule has 1 rings (SSSR count). The molecule has 72 valence electrons. The third kappa shape index (κ3) is 2.44. The summed E-state index contributed by atoms with van der Waals surface area (Å²) < 4.78 is 5.75. The summed E-state index contributed by atoms with van der Waals surface area (Å²) in [5.74, 6) is 0. The van der Waals surface area contributed by atoms with Crippen molar-refractivity contribution in [3.05, 3.63) is 0 Å². The van der Waals surface area contributed by atoms with Crippen LogP contribution in [0.25, 0.3) is 0 Å². The van der Waals surface area contributed by atoms with E-state index in [4.69, 9.17) is 4.74 Å². The van der Waals surface area contributed by atoms with Gasteiger partial charge in [-0.3, -0.25) is 0 Å². The van der Waals surface area contributed by atoms with E-state index in [0.29, 0.717) is 6.54 Å². The van der Waals surface area contributed by atoms with E-state index in [1.165, 1.54) is 0 Å². The van der Waals surface area contributed by atoms with Crippen LogP contribution < -0.4 is 5.32 Å². The first-order valence-electron chi connectivity index (χ1n) is 4.62. The maximum atomic E-state index is 9.46. The second-order valence-electron chi connectivity index (χ2n) is 4.00. The van der Waals surface area contributed by atoms with Gasteiger partial charge >= 0.3 is 0 Å². The monoisotopic (exact) mass is 173 g/mol. The fraction of sp³-hybridized carbons (Fsp3) is 1.00. The first-order valence-corrected chi connectivity index (χ1v) is 4.62. The quantitative estimate of drug-likeness (QED) is 0.654. The molecule has 2 atom stereocenters. The number of rotatable bonds is 3. The van der Waals surface area contributed by atoms with Crippen LogP contribution in [0.2, 0.25) is 0 Å². The lowest BCUT2D eigenvalue weighted by Crippen LogP contribution is -2.36. The summed E-state index contributed by atoms with van der Waals surface area (Å²) in [6.07, 6.45) is 0.603. The van der Waals surface area contributed by atoms with E-state index in [2.05, 4.69) is 26.1 Å². The van der Waals surface area contributed by atoms with Gasteiger partial charge in [0.1, 0.15) is 0 Å². The van der Waals surface area contributed by atoms with E-state index >= 15 is 0 Å². The Balaban J connectivity index is 2.39. The van der Waals surface area contributed by atoms with E-state index in [1.807, 2.05) is 0 Å². The highest BCUT2D eigenvalue weighted by Crippen LogP contribution is 2.19. The van der Waals surface area contributed by atoms with E-state index in [1.54, 1.807) is 0 Å². The Morgan fingerprint density at radius 1 is 1.50 bits per heavy atom. The van der Waals surface area contributed by atoms with Crippen LogP contribution in [-0.2, 0) is 4.74 Å². The number of ether oxygens (including phenoxy) is 1. The summed E-state index contributed by atoms with van der Waals surface area (Å²) in [6.45, 7) is 7.62. The van der Waals surface area contributed by atoms with Crippen molar-refractivity contribution in [3.63, 3.8) is 0 Å². The molecule has 0 bridgehead atoms. The minimum atomic E-state index is -0.337. The van der Waals surface area contributed by atoms with E-state index < -0.39 is 0 Å². The van der Waals surface area contributed by atoms with Crippen LogP contribution in [0, 0.1) is 0 Å². The predicted octanol–water partition coefficient (Wildman–Crippen LogP) is 0.524. The fourth-order valence-electron chi connectivity index (χ4n) is 1.25. The molecule has 0 aliphatic carbocycles. The van der Waals surface area contributed by atoms with Crippen LogP contribution in [0.15, 0.2) is 0 Å². The summed E-state index contributed by atoms with van der Waals surface area (Å²) in [6, 6.07) is 0. The van der Waals surface area contributed by atoms with Gasteiger partial charge in [-0.05, 0) is 20.3 Å². The fourth-order valence-corrected chi connectivity index (χ4v) is 1.25. The van der Waals surface area contributed by atoms with E-state index in [0.717, 1.165) is 13.0 Å². The molecule has 1 heterocycles. The molecule has 0 aromatic rings. The summed E-state index contributed by atoms with van der Waals surface area (Å²) in [5, 5.41) is 12.6. The number of aliphatic hydroxyl groups excluding tert-OH is 1. The number of nitrogens with one attached hydrogen (secondary N) is 1. The average Bonchev–Trinajstić information content (AvgIpc) is 2.36. The minimum Gasteiger partial charge on any atom is -0.389 e. The molecule has 12 heavy (non-hydrogen) atoms. The highest BCUT2D eigenvalue weighted by molar-refractivity contribution is 4.84. The van der Waals surface area contributed by atoms with Crippen molar-refractivity contribution in [2.75, 3.05) is 13.1 Å².